The summed E-state index contributed by atoms with van der Waals surface area (Å²) in [6, 6.07) is 9.26. The smallest absolute Gasteiger partial charge is 0.0695 e. The molecular weight excluding hydrogens is 294 g/mol. The Morgan fingerprint density at radius 2 is 1.77 bits per heavy atom. The van der Waals surface area contributed by atoms with Gasteiger partial charge in [0.25, 0.3) is 0 Å². The number of hydrogen-bond donors (Lipinski definition) is 1. The normalized spacial score (nSPS) is 30.0. The zero-order valence-corrected chi connectivity index (χ0v) is 13.9. The highest BCUT2D eigenvalue weighted by atomic mass is 35.5. The molecule has 0 aromatic heterocycles. The molecule has 1 aromatic carbocycles. The fourth-order valence-electron chi connectivity index (χ4n) is 4.64. The van der Waals surface area contributed by atoms with E-state index >= 15 is 0 Å². The lowest BCUT2D eigenvalue weighted by Gasteiger charge is -2.45. The van der Waals surface area contributed by atoms with Gasteiger partial charge in [-0.05, 0) is 49.9 Å². The van der Waals surface area contributed by atoms with Gasteiger partial charge in [0.15, 0.2) is 0 Å². The minimum absolute atomic E-state index is 0. The Kier molecular flexibility index (Phi) is 4.63. The van der Waals surface area contributed by atoms with Crippen molar-refractivity contribution in [1.82, 2.24) is 4.90 Å². The van der Waals surface area contributed by atoms with E-state index in [0.29, 0.717) is 6.04 Å². The lowest BCUT2D eigenvalue weighted by Crippen LogP contribution is -2.51. The Labute approximate surface area is 139 Å². The number of likely N-dealkylation sites (tertiary alicyclic amines) is 1. The van der Waals surface area contributed by atoms with Crippen LogP contribution in [0.4, 0.5) is 0 Å². The summed E-state index contributed by atoms with van der Waals surface area (Å²) in [5.74, 6) is 0. The van der Waals surface area contributed by atoms with E-state index in [9.17, 15) is 5.11 Å². The van der Waals surface area contributed by atoms with Gasteiger partial charge < -0.3 is 5.11 Å². The van der Waals surface area contributed by atoms with E-state index in [1.54, 1.807) is 0 Å². The van der Waals surface area contributed by atoms with Crippen LogP contribution in [0.1, 0.15) is 49.7 Å². The molecule has 4 rings (SSSR count). The van der Waals surface area contributed by atoms with Crippen LogP contribution in [-0.2, 0) is 5.41 Å². The van der Waals surface area contributed by atoms with Crippen molar-refractivity contribution in [3.63, 3.8) is 0 Å². The third-order valence-corrected chi connectivity index (χ3v) is 5.93. The van der Waals surface area contributed by atoms with Crippen LogP contribution in [0.25, 0.3) is 6.08 Å². The highest BCUT2D eigenvalue weighted by molar-refractivity contribution is 5.85. The number of aliphatic hydroxyl groups is 1. The summed E-state index contributed by atoms with van der Waals surface area (Å²) in [6.07, 6.45) is 11.7. The van der Waals surface area contributed by atoms with Gasteiger partial charge in [-0.25, -0.2) is 0 Å². The number of allylic oxidation sites excluding steroid dienone is 1. The Bertz CT molecular complexity index is 548. The molecule has 1 heterocycles. The summed E-state index contributed by atoms with van der Waals surface area (Å²) >= 11 is 0. The van der Waals surface area contributed by atoms with Gasteiger partial charge in [0.2, 0.25) is 0 Å². The maximum absolute atomic E-state index is 10.3. The molecule has 120 valence electrons. The van der Waals surface area contributed by atoms with E-state index < -0.39 is 0 Å². The molecule has 2 unspecified atom stereocenters. The van der Waals surface area contributed by atoms with Crippen molar-refractivity contribution < 1.29 is 5.11 Å². The largest absolute Gasteiger partial charge is 0.391 e. The molecule has 0 bridgehead atoms. The van der Waals surface area contributed by atoms with Crippen molar-refractivity contribution in [3.05, 3.63) is 41.5 Å². The van der Waals surface area contributed by atoms with Crippen LogP contribution in [0.2, 0.25) is 0 Å². The molecule has 1 aromatic rings. The molecule has 2 nitrogen and oxygen atoms in total. The summed E-state index contributed by atoms with van der Waals surface area (Å²) in [4.78, 5) is 2.56. The van der Waals surface area contributed by atoms with Gasteiger partial charge in [0.05, 0.1) is 6.10 Å². The number of nitrogens with zero attached hydrogens (tertiary/aromatic N) is 1. The number of fused-ring (bicyclic) bond motifs is 2. The third kappa shape index (κ3) is 2.62. The van der Waals surface area contributed by atoms with Crippen LogP contribution in [0.15, 0.2) is 30.3 Å². The molecule has 2 atom stereocenters. The standard InChI is InChI=1S/C19H25NO.ClH/c21-18-8-4-3-7-17(18)20-13-11-19(12-14-20)10-9-15-5-1-2-6-16(15)19;/h1-2,5-6,9-10,17-18,21H,3-4,7-8,11-14H2;1H. The zero-order chi connectivity index (χ0) is 14.3. The summed E-state index contributed by atoms with van der Waals surface area (Å²) in [5.41, 5.74) is 3.20. The first-order valence-electron chi connectivity index (χ1n) is 8.49. The minimum Gasteiger partial charge on any atom is -0.391 e. The van der Waals surface area contributed by atoms with Gasteiger partial charge in [-0.1, -0.05) is 49.3 Å². The van der Waals surface area contributed by atoms with Gasteiger partial charge in [0.1, 0.15) is 0 Å². The second-order valence-corrected chi connectivity index (χ2v) is 7.03. The number of rotatable bonds is 1. The molecule has 1 N–H and O–H groups in total. The lowest BCUT2D eigenvalue weighted by atomic mass is 9.74. The predicted octanol–water partition coefficient (Wildman–Crippen LogP) is 3.77. The SMILES string of the molecule is Cl.OC1CCCCC1N1CCC2(C=Cc3ccccc32)CC1. The molecule has 2 aliphatic carbocycles. The quantitative estimate of drug-likeness (QED) is 0.851. The summed E-state index contributed by atoms with van der Waals surface area (Å²) in [5, 5.41) is 10.3. The molecule has 1 saturated heterocycles. The van der Waals surface area contributed by atoms with E-state index in [-0.39, 0.29) is 23.9 Å². The Hall–Kier alpha value is -0.830. The van der Waals surface area contributed by atoms with Gasteiger partial charge in [-0.2, -0.15) is 0 Å². The van der Waals surface area contributed by atoms with Crippen LogP contribution in [-0.4, -0.2) is 35.2 Å². The van der Waals surface area contributed by atoms with Crippen LogP contribution < -0.4 is 0 Å². The van der Waals surface area contributed by atoms with Crippen LogP contribution >= 0.6 is 12.4 Å². The van der Waals surface area contributed by atoms with Crippen molar-refractivity contribution in [2.24, 2.45) is 0 Å². The Morgan fingerprint density at radius 3 is 2.55 bits per heavy atom. The highest BCUT2D eigenvalue weighted by Gasteiger charge is 2.40. The third-order valence-electron chi connectivity index (χ3n) is 5.93. The molecule has 2 fully saturated rings. The molecule has 0 amide bonds. The van der Waals surface area contributed by atoms with Crippen molar-refractivity contribution in [2.75, 3.05) is 13.1 Å². The predicted molar refractivity (Wildman–Crippen MR) is 93.5 cm³/mol. The van der Waals surface area contributed by atoms with Gasteiger partial charge >= 0.3 is 0 Å². The lowest BCUT2D eigenvalue weighted by molar-refractivity contribution is 0.00392. The number of halogens is 1. The Balaban J connectivity index is 0.00000144. The van der Waals surface area contributed by atoms with Crippen molar-refractivity contribution in [2.45, 2.75) is 56.1 Å². The zero-order valence-electron chi connectivity index (χ0n) is 13.1. The summed E-state index contributed by atoms with van der Waals surface area (Å²) in [6.45, 7) is 2.25. The number of benzene rings is 1. The molecule has 0 radical (unpaired) electrons. The molecule has 1 spiro atoms. The monoisotopic (exact) mass is 319 g/mol. The average Bonchev–Trinajstić information content (AvgIpc) is 2.88. The van der Waals surface area contributed by atoms with Crippen molar-refractivity contribution in [1.29, 1.82) is 0 Å². The van der Waals surface area contributed by atoms with E-state index in [1.165, 1.54) is 43.2 Å². The minimum atomic E-state index is -0.0980. The van der Waals surface area contributed by atoms with E-state index in [2.05, 4.69) is 41.3 Å². The molecule has 1 saturated carbocycles. The first kappa shape index (κ1) is 16.0. The fraction of sp³-hybridized carbons (Fsp3) is 0.579. The maximum atomic E-state index is 10.3. The second kappa shape index (κ2) is 6.35. The first-order valence-corrected chi connectivity index (χ1v) is 8.49. The molecule has 3 aliphatic rings. The molecule has 1 aliphatic heterocycles. The summed E-state index contributed by atoms with van der Waals surface area (Å²) in [7, 11) is 0. The number of piperidine rings is 1. The van der Waals surface area contributed by atoms with Crippen molar-refractivity contribution >= 4 is 18.5 Å². The van der Waals surface area contributed by atoms with Crippen LogP contribution in [0.5, 0.6) is 0 Å². The van der Waals surface area contributed by atoms with E-state index in [4.69, 9.17) is 0 Å². The van der Waals surface area contributed by atoms with Crippen molar-refractivity contribution in [3.8, 4) is 0 Å². The first-order chi connectivity index (χ1) is 10.3. The fourth-order valence-corrected chi connectivity index (χ4v) is 4.64. The molecule has 22 heavy (non-hydrogen) atoms. The number of aliphatic hydroxyl groups excluding tert-OH is 1. The number of hydrogen-bond acceptors (Lipinski definition) is 2. The van der Waals surface area contributed by atoms with E-state index in [0.717, 1.165) is 19.5 Å². The summed E-state index contributed by atoms with van der Waals surface area (Å²) < 4.78 is 0. The van der Waals surface area contributed by atoms with Crippen LogP contribution in [0, 0.1) is 0 Å². The van der Waals surface area contributed by atoms with Gasteiger partial charge in [0, 0.05) is 11.5 Å². The maximum Gasteiger partial charge on any atom is 0.0695 e. The van der Waals surface area contributed by atoms with Gasteiger partial charge in [-0.15, -0.1) is 12.4 Å². The highest BCUT2D eigenvalue weighted by Crippen LogP contribution is 2.44. The van der Waals surface area contributed by atoms with Gasteiger partial charge in [-0.3, -0.25) is 4.90 Å². The topological polar surface area (TPSA) is 23.5 Å². The Morgan fingerprint density at radius 1 is 1.05 bits per heavy atom. The molecular formula is C19H26ClNO. The second-order valence-electron chi connectivity index (χ2n) is 7.03. The average molecular weight is 320 g/mol. The van der Waals surface area contributed by atoms with E-state index in [1.807, 2.05) is 0 Å². The molecule has 3 heteroatoms. The van der Waals surface area contributed by atoms with Crippen LogP contribution in [0.3, 0.4) is 0 Å².